The second kappa shape index (κ2) is 11.3. The molecule has 2 N–H and O–H groups in total. The number of carbonyl (C=O) groups excluding carboxylic acids is 3. The molecule has 1 atom stereocenters. The summed E-state index contributed by atoms with van der Waals surface area (Å²) in [7, 11) is 0. The van der Waals surface area contributed by atoms with Gasteiger partial charge in [-0.2, -0.15) is 0 Å². The van der Waals surface area contributed by atoms with Crippen molar-refractivity contribution in [1.82, 2.24) is 15.5 Å². The quantitative estimate of drug-likeness (QED) is 0.659. The molecule has 1 fully saturated rings. The Morgan fingerprint density at radius 1 is 1.09 bits per heavy atom. The van der Waals surface area contributed by atoms with E-state index in [0.29, 0.717) is 6.54 Å². The molecule has 1 aromatic carbocycles. The fraction of sp³-hybridized carbons (Fsp3) is 0.640. The van der Waals surface area contributed by atoms with Crippen LogP contribution in [0.4, 0.5) is 4.79 Å². The van der Waals surface area contributed by atoms with E-state index < -0.39 is 17.7 Å². The van der Waals surface area contributed by atoms with Crippen LogP contribution in [0.25, 0.3) is 0 Å². The first-order valence-electron chi connectivity index (χ1n) is 11.7. The van der Waals surface area contributed by atoms with Crippen LogP contribution in [0.5, 0.6) is 0 Å². The molecule has 7 heteroatoms. The van der Waals surface area contributed by atoms with Crippen molar-refractivity contribution in [2.75, 3.05) is 13.1 Å². The predicted molar refractivity (Wildman–Crippen MR) is 125 cm³/mol. The van der Waals surface area contributed by atoms with E-state index in [-0.39, 0.29) is 24.4 Å². The van der Waals surface area contributed by atoms with Crippen LogP contribution in [0.2, 0.25) is 0 Å². The average Bonchev–Trinajstić information content (AvgIpc) is 2.70. The molecule has 0 radical (unpaired) electrons. The number of benzene rings is 1. The summed E-state index contributed by atoms with van der Waals surface area (Å²) in [6, 6.07) is 5.25. The second-order valence-corrected chi connectivity index (χ2v) is 9.59. The summed E-state index contributed by atoms with van der Waals surface area (Å²) in [5.41, 5.74) is 2.10. The van der Waals surface area contributed by atoms with E-state index in [9.17, 15) is 14.4 Å². The van der Waals surface area contributed by atoms with Crippen molar-refractivity contribution in [1.29, 1.82) is 0 Å². The monoisotopic (exact) mass is 445 g/mol. The number of carbonyl (C=O) groups is 3. The minimum atomic E-state index is -0.754. The highest BCUT2D eigenvalue weighted by molar-refractivity contribution is 5.91. The normalized spacial score (nSPS) is 15.6. The molecule has 1 unspecified atom stereocenters. The fourth-order valence-corrected chi connectivity index (χ4v) is 4.28. The maximum Gasteiger partial charge on any atom is 0.408 e. The number of alkyl carbamates (subject to hydrolysis) is 1. The Bertz CT molecular complexity index is 790. The van der Waals surface area contributed by atoms with Gasteiger partial charge in [0.1, 0.15) is 18.2 Å². The largest absolute Gasteiger partial charge is 0.444 e. The zero-order valence-corrected chi connectivity index (χ0v) is 20.4. The van der Waals surface area contributed by atoms with Crippen molar-refractivity contribution in [3.05, 3.63) is 34.9 Å². The van der Waals surface area contributed by atoms with Crippen molar-refractivity contribution in [2.24, 2.45) is 0 Å². The van der Waals surface area contributed by atoms with Gasteiger partial charge in [-0.05, 0) is 71.1 Å². The Hall–Kier alpha value is -2.57. The number of amides is 3. The molecule has 0 spiro atoms. The molecule has 0 saturated heterocycles. The summed E-state index contributed by atoms with van der Waals surface area (Å²) in [6.45, 7) is 11.2. The van der Waals surface area contributed by atoms with E-state index in [1.807, 2.05) is 39.0 Å². The van der Waals surface area contributed by atoms with Gasteiger partial charge in [0.2, 0.25) is 11.8 Å². The van der Waals surface area contributed by atoms with Gasteiger partial charge in [0.05, 0.1) is 0 Å². The summed E-state index contributed by atoms with van der Waals surface area (Å²) < 4.78 is 5.23. The lowest BCUT2D eigenvalue weighted by Crippen LogP contribution is -2.50. The molecule has 1 aromatic rings. The molecule has 3 amide bonds. The minimum absolute atomic E-state index is 0.136. The Kier molecular flexibility index (Phi) is 9.10. The standard InChI is InChI=1S/C25H39N3O4/c1-7-28(20(29)16-26-24(31)32-25(4,5)6)22(21-17(2)12-11-13-18(21)3)23(30)27-19-14-9-8-10-15-19/h11-13,19,22H,7-10,14-16H2,1-6H3,(H,26,31)(H,27,30). The lowest BCUT2D eigenvalue weighted by Gasteiger charge is -2.34. The first-order valence-corrected chi connectivity index (χ1v) is 11.7. The van der Waals surface area contributed by atoms with Gasteiger partial charge in [-0.1, -0.05) is 37.5 Å². The number of likely N-dealkylation sites (N-methyl/N-ethyl adjacent to an activating group) is 1. The van der Waals surface area contributed by atoms with Crippen molar-refractivity contribution in [3.8, 4) is 0 Å². The van der Waals surface area contributed by atoms with Gasteiger partial charge in [-0.25, -0.2) is 4.79 Å². The topological polar surface area (TPSA) is 87.7 Å². The van der Waals surface area contributed by atoms with E-state index in [1.54, 1.807) is 25.7 Å². The Balaban J connectivity index is 2.26. The zero-order chi connectivity index (χ0) is 23.9. The number of hydrogen-bond donors (Lipinski definition) is 2. The van der Waals surface area contributed by atoms with E-state index >= 15 is 0 Å². The van der Waals surface area contributed by atoms with Crippen LogP contribution < -0.4 is 10.6 Å². The second-order valence-electron chi connectivity index (χ2n) is 9.59. The fourth-order valence-electron chi connectivity index (χ4n) is 4.28. The van der Waals surface area contributed by atoms with Crippen LogP contribution in [-0.2, 0) is 14.3 Å². The molecule has 0 heterocycles. The average molecular weight is 446 g/mol. The van der Waals surface area contributed by atoms with Gasteiger partial charge in [0.25, 0.3) is 0 Å². The van der Waals surface area contributed by atoms with E-state index in [0.717, 1.165) is 42.4 Å². The lowest BCUT2D eigenvalue weighted by molar-refractivity contribution is -0.140. The van der Waals surface area contributed by atoms with E-state index in [1.165, 1.54) is 6.42 Å². The molecule has 178 valence electrons. The molecular formula is C25H39N3O4. The summed E-state index contributed by atoms with van der Waals surface area (Å²) in [5, 5.41) is 5.72. The van der Waals surface area contributed by atoms with Gasteiger partial charge in [-0.3, -0.25) is 9.59 Å². The highest BCUT2D eigenvalue weighted by Gasteiger charge is 2.34. The molecule has 0 aliphatic heterocycles. The number of ether oxygens (including phenoxy) is 1. The van der Waals surface area contributed by atoms with Crippen LogP contribution in [0.15, 0.2) is 18.2 Å². The smallest absolute Gasteiger partial charge is 0.408 e. The number of nitrogens with zero attached hydrogens (tertiary/aromatic N) is 1. The molecule has 1 aliphatic rings. The third-order valence-electron chi connectivity index (χ3n) is 5.77. The maximum atomic E-state index is 13.5. The van der Waals surface area contributed by atoms with Crippen LogP contribution in [0.1, 0.15) is 82.5 Å². The van der Waals surface area contributed by atoms with Crippen molar-refractivity contribution >= 4 is 17.9 Å². The number of rotatable bonds is 7. The Labute approximate surface area is 192 Å². The van der Waals surface area contributed by atoms with Gasteiger partial charge in [0, 0.05) is 12.6 Å². The van der Waals surface area contributed by atoms with Crippen LogP contribution in [0, 0.1) is 13.8 Å². The van der Waals surface area contributed by atoms with Gasteiger partial charge in [-0.15, -0.1) is 0 Å². The zero-order valence-electron chi connectivity index (χ0n) is 20.4. The summed E-state index contributed by atoms with van der Waals surface area (Å²) in [4.78, 5) is 40.3. The van der Waals surface area contributed by atoms with Crippen molar-refractivity contribution < 1.29 is 19.1 Å². The van der Waals surface area contributed by atoms with Crippen LogP contribution >= 0.6 is 0 Å². The first-order chi connectivity index (χ1) is 15.0. The number of aryl methyl sites for hydroxylation is 2. The molecule has 2 rings (SSSR count). The third-order valence-corrected chi connectivity index (χ3v) is 5.77. The summed E-state index contributed by atoms with van der Waals surface area (Å²) in [6.07, 6.45) is 4.68. The van der Waals surface area contributed by atoms with Crippen LogP contribution in [0.3, 0.4) is 0 Å². The molecule has 32 heavy (non-hydrogen) atoms. The van der Waals surface area contributed by atoms with E-state index in [2.05, 4.69) is 10.6 Å². The predicted octanol–water partition coefficient (Wildman–Crippen LogP) is 4.17. The van der Waals surface area contributed by atoms with E-state index in [4.69, 9.17) is 4.74 Å². The maximum absolute atomic E-state index is 13.5. The molecule has 0 bridgehead atoms. The minimum Gasteiger partial charge on any atom is -0.444 e. The number of nitrogens with one attached hydrogen (secondary N) is 2. The third kappa shape index (κ3) is 7.24. The molecule has 7 nitrogen and oxygen atoms in total. The van der Waals surface area contributed by atoms with Gasteiger partial charge < -0.3 is 20.3 Å². The lowest BCUT2D eigenvalue weighted by atomic mass is 9.92. The molecule has 0 aromatic heterocycles. The van der Waals surface area contributed by atoms with Crippen molar-refractivity contribution in [2.45, 2.75) is 91.3 Å². The SMILES string of the molecule is CCN(C(=O)CNC(=O)OC(C)(C)C)C(C(=O)NC1CCCCC1)c1c(C)cccc1C. The highest BCUT2D eigenvalue weighted by atomic mass is 16.6. The van der Waals surface area contributed by atoms with Crippen LogP contribution in [-0.4, -0.2) is 47.5 Å². The van der Waals surface area contributed by atoms with Crippen molar-refractivity contribution in [3.63, 3.8) is 0 Å². The summed E-state index contributed by atoms with van der Waals surface area (Å²) >= 11 is 0. The number of hydrogen-bond acceptors (Lipinski definition) is 4. The Morgan fingerprint density at radius 3 is 2.22 bits per heavy atom. The van der Waals surface area contributed by atoms with Gasteiger partial charge in [0.15, 0.2) is 0 Å². The summed E-state index contributed by atoms with van der Waals surface area (Å²) in [5.74, 6) is -0.494. The molecule has 1 aliphatic carbocycles. The first kappa shape index (κ1) is 25.7. The Morgan fingerprint density at radius 2 is 1.69 bits per heavy atom. The highest BCUT2D eigenvalue weighted by Crippen LogP contribution is 2.29. The molecule has 1 saturated carbocycles. The van der Waals surface area contributed by atoms with Gasteiger partial charge >= 0.3 is 6.09 Å². The molecular weight excluding hydrogens is 406 g/mol.